The van der Waals surface area contributed by atoms with Crippen LogP contribution >= 0.6 is 0 Å². The molecule has 0 aliphatic carbocycles. The van der Waals surface area contributed by atoms with E-state index in [9.17, 15) is 22.0 Å². The molecular weight excluding hydrogens is 258 g/mol. The van der Waals surface area contributed by atoms with Crippen molar-refractivity contribution >= 4 is 0 Å². The first kappa shape index (κ1) is 15.7. The normalized spacial score (nSPS) is 11.0. The van der Waals surface area contributed by atoms with Gasteiger partial charge in [-0.2, -0.15) is 25.3 Å². The molecule has 6 heteroatoms. The average molecular weight is 264 g/mol. The van der Waals surface area contributed by atoms with E-state index in [0.717, 1.165) is 24.3 Å². The molecule has 0 heterocycles. The molecule has 0 saturated carbocycles. The SMILES string of the molecule is Fc1[c-]ccc(-c2ccc(C(F)(F)F)cc2)c1F.[Li+]. The third-order valence-electron chi connectivity index (χ3n) is 2.41. The largest absolute Gasteiger partial charge is 1.00 e. The molecule has 0 N–H and O–H groups in total. The molecular formula is C13H6F5Li. The molecule has 0 aromatic heterocycles. The third kappa shape index (κ3) is 3.37. The van der Waals surface area contributed by atoms with Gasteiger partial charge >= 0.3 is 25.0 Å². The minimum atomic E-state index is -4.45. The summed E-state index contributed by atoms with van der Waals surface area (Å²) in [5, 5.41) is 0. The van der Waals surface area contributed by atoms with Crippen LogP contribution in [0, 0.1) is 17.7 Å². The maximum absolute atomic E-state index is 13.4. The monoisotopic (exact) mass is 264 g/mol. The number of rotatable bonds is 1. The fraction of sp³-hybridized carbons (Fsp3) is 0.0769. The Balaban J connectivity index is 0.00000180. The van der Waals surface area contributed by atoms with Crippen LogP contribution in [0.25, 0.3) is 11.1 Å². The van der Waals surface area contributed by atoms with Gasteiger partial charge in [0.2, 0.25) is 0 Å². The summed E-state index contributed by atoms with van der Waals surface area (Å²) in [6.45, 7) is 0. The Kier molecular flexibility index (Phi) is 4.78. The third-order valence-corrected chi connectivity index (χ3v) is 2.41. The maximum atomic E-state index is 13.4. The second-order valence-electron chi connectivity index (χ2n) is 3.59. The quantitative estimate of drug-likeness (QED) is 0.415. The van der Waals surface area contributed by atoms with Crippen LogP contribution in [0.3, 0.4) is 0 Å². The summed E-state index contributed by atoms with van der Waals surface area (Å²) in [7, 11) is 0. The van der Waals surface area contributed by atoms with Gasteiger partial charge in [0, 0.05) is 5.82 Å². The molecule has 0 fully saturated rings. The van der Waals surface area contributed by atoms with Crippen molar-refractivity contribution in [3.05, 3.63) is 59.7 Å². The van der Waals surface area contributed by atoms with Crippen molar-refractivity contribution < 1.29 is 40.8 Å². The minimum absolute atomic E-state index is 0. The van der Waals surface area contributed by atoms with Crippen LogP contribution in [-0.4, -0.2) is 0 Å². The molecule has 2 rings (SSSR count). The van der Waals surface area contributed by atoms with E-state index in [1.807, 2.05) is 6.07 Å². The van der Waals surface area contributed by atoms with Gasteiger partial charge in [0.15, 0.2) is 0 Å². The van der Waals surface area contributed by atoms with Gasteiger partial charge in [-0.25, -0.2) is 4.39 Å². The Morgan fingerprint density at radius 1 is 0.895 bits per heavy atom. The molecule has 0 nitrogen and oxygen atoms in total. The molecule has 0 aliphatic rings. The first-order chi connectivity index (χ1) is 8.39. The zero-order valence-electron chi connectivity index (χ0n) is 9.85. The number of benzene rings is 2. The van der Waals surface area contributed by atoms with Crippen molar-refractivity contribution in [2.45, 2.75) is 6.18 Å². The Labute approximate surface area is 118 Å². The maximum Gasteiger partial charge on any atom is 1.00 e. The number of hydrogen-bond donors (Lipinski definition) is 0. The molecule has 0 radical (unpaired) electrons. The standard InChI is InChI=1S/C13H6F5.Li/c14-11-3-1-2-10(12(11)15)8-4-6-9(7-5-8)13(16,17)18;/h1-2,4-7H;/q-1;+1. The van der Waals surface area contributed by atoms with E-state index in [2.05, 4.69) is 0 Å². The van der Waals surface area contributed by atoms with Crippen LogP contribution < -0.4 is 18.9 Å². The number of hydrogen-bond acceptors (Lipinski definition) is 0. The Morgan fingerprint density at radius 3 is 2.00 bits per heavy atom. The second-order valence-corrected chi connectivity index (χ2v) is 3.59. The fourth-order valence-corrected chi connectivity index (χ4v) is 1.51. The summed E-state index contributed by atoms with van der Waals surface area (Å²) in [6.07, 6.45) is -4.45. The van der Waals surface area contributed by atoms with Gasteiger partial charge in [-0.3, -0.25) is 4.39 Å². The van der Waals surface area contributed by atoms with Crippen molar-refractivity contribution in [1.29, 1.82) is 0 Å². The molecule has 0 saturated heterocycles. The molecule has 19 heavy (non-hydrogen) atoms. The van der Waals surface area contributed by atoms with Crippen molar-refractivity contribution in [2.24, 2.45) is 0 Å². The van der Waals surface area contributed by atoms with E-state index in [-0.39, 0.29) is 30.0 Å². The topological polar surface area (TPSA) is 0 Å². The van der Waals surface area contributed by atoms with Crippen LogP contribution in [0.1, 0.15) is 5.56 Å². The van der Waals surface area contributed by atoms with E-state index < -0.39 is 23.4 Å². The van der Waals surface area contributed by atoms with Crippen LogP contribution in [0.4, 0.5) is 22.0 Å². The second kappa shape index (κ2) is 5.77. The van der Waals surface area contributed by atoms with E-state index in [4.69, 9.17) is 0 Å². The summed E-state index contributed by atoms with van der Waals surface area (Å²) in [4.78, 5) is 0. The Hall–Kier alpha value is -1.31. The smallest absolute Gasteiger partial charge is 0.281 e. The van der Waals surface area contributed by atoms with Gasteiger partial charge in [-0.05, 0) is 17.7 Å². The van der Waals surface area contributed by atoms with Crippen molar-refractivity contribution in [1.82, 2.24) is 0 Å². The van der Waals surface area contributed by atoms with Crippen molar-refractivity contribution in [2.75, 3.05) is 0 Å². The van der Waals surface area contributed by atoms with Crippen molar-refractivity contribution in [3.63, 3.8) is 0 Å². The summed E-state index contributed by atoms with van der Waals surface area (Å²) >= 11 is 0. The van der Waals surface area contributed by atoms with E-state index in [1.165, 1.54) is 12.1 Å². The predicted octanol–water partition coefficient (Wildman–Crippen LogP) is 1.45. The van der Waals surface area contributed by atoms with Gasteiger partial charge < -0.3 is 0 Å². The molecule has 0 amide bonds. The molecule has 2 aromatic rings. The average Bonchev–Trinajstić information content (AvgIpc) is 2.32. The van der Waals surface area contributed by atoms with E-state index in [1.54, 1.807) is 0 Å². The molecule has 0 aliphatic heterocycles. The van der Waals surface area contributed by atoms with Crippen LogP contribution in [0.2, 0.25) is 0 Å². The van der Waals surface area contributed by atoms with E-state index in [0.29, 0.717) is 0 Å². The van der Waals surface area contributed by atoms with Crippen LogP contribution in [0.15, 0.2) is 36.4 Å². The summed E-state index contributed by atoms with van der Waals surface area (Å²) in [5.41, 5.74) is -0.761. The number of alkyl halides is 3. The summed E-state index contributed by atoms with van der Waals surface area (Å²) in [5.74, 6) is -2.29. The molecule has 0 unspecified atom stereocenters. The van der Waals surface area contributed by atoms with Gasteiger partial charge in [0.05, 0.1) is 11.4 Å². The van der Waals surface area contributed by atoms with Crippen LogP contribution in [-0.2, 0) is 6.18 Å². The molecule has 0 spiro atoms. The van der Waals surface area contributed by atoms with Gasteiger partial charge in [-0.15, -0.1) is 6.07 Å². The zero-order chi connectivity index (χ0) is 13.3. The Bertz CT molecular complexity index is 560. The minimum Gasteiger partial charge on any atom is -0.281 e. The Morgan fingerprint density at radius 2 is 1.47 bits per heavy atom. The summed E-state index contributed by atoms with van der Waals surface area (Å²) in [6, 6.07) is 8.29. The first-order valence-electron chi connectivity index (χ1n) is 4.93. The zero-order valence-corrected chi connectivity index (χ0v) is 9.85. The van der Waals surface area contributed by atoms with Gasteiger partial charge in [-0.1, -0.05) is 17.7 Å². The summed E-state index contributed by atoms with van der Waals surface area (Å²) < 4.78 is 63.3. The molecule has 0 bridgehead atoms. The molecule has 0 atom stereocenters. The van der Waals surface area contributed by atoms with Gasteiger partial charge in [0.1, 0.15) is 0 Å². The van der Waals surface area contributed by atoms with Crippen LogP contribution in [0.5, 0.6) is 0 Å². The first-order valence-corrected chi connectivity index (χ1v) is 4.93. The predicted molar refractivity (Wildman–Crippen MR) is 55.6 cm³/mol. The van der Waals surface area contributed by atoms with Crippen molar-refractivity contribution in [3.8, 4) is 11.1 Å². The van der Waals surface area contributed by atoms with Gasteiger partial charge in [0.25, 0.3) is 0 Å². The van der Waals surface area contributed by atoms with E-state index >= 15 is 0 Å². The molecule has 2 aromatic carbocycles. The number of halogens is 5. The fourth-order valence-electron chi connectivity index (χ4n) is 1.51. The molecule has 94 valence electrons.